The van der Waals surface area contributed by atoms with Crippen LogP contribution in [0.4, 0.5) is 0 Å². The zero-order valence-corrected chi connectivity index (χ0v) is 30.7. The second-order valence-electron chi connectivity index (χ2n) is 15.9. The number of pyridine rings is 1. The van der Waals surface area contributed by atoms with E-state index in [9.17, 15) is 0 Å². The molecule has 0 saturated carbocycles. The minimum absolute atomic E-state index is 0.220. The summed E-state index contributed by atoms with van der Waals surface area (Å²) in [6, 6.07) is 63.2. The van der Waals surface area contributed by atoms with Crippen molar-refractivity contribution in [3.8, 4) is 33.5 Å². The maximum atomic E-state index is 5.35. The van der Waals surface area contributed by atoms with Crippen LogP contribution in [-0.4, -0.2) is 4.98 Å². The fraction of sp³-hybridized carbons (Fsp3) is 0.0556. The summed E-state index contributed by atoms with van der Waals surface area (Å²) in [6.45, 7) is 4.75. The van der Waals surface area contributed by atoms with E-state index in [-0.39, 0.29) is 5.41 Å². The Morgan fingerprint density at radius 2 is 0.764 bits per heavy atom. The highest BCUT2D eigenvalue weighted by molar-refractivity contribution is 6.27. The highest BCUT2D eigenvalue weighted by Crippen LogP contribution is 2.52. The number of hydrogen-bond donors (Lipinski definition) is 0. The smallest absolute Gasteiger partial charge is 0.0746 e. The molecule has 0 amide bonds. The van der Waals surface area contributed by atoms with Crippen LogP contribution in [0.1, 0.15) is 25.0 Å². The van der Waals surface area contributed by atoms with Crippen molar-refractivity contribution in [1.29, 1.82) is 0 Å². The van der Waals surface area contributed by atoms with Gasteiger partial charge in [-0.3, -0.25) is 4.98 Å². The van der Waals surface area contributed by atoms with Crippen LogP contribution in [0.3, 0.4) is 0 Å². The fourth-order valence-corrected chi connectivity index (χ4v) is 9.90. The van der Waals surface area contributed by atoms with E-state index in [0.29, 0.717) is 0 Å². The number of rotatable bonds is 2. The van der Waals surface area contributed by atoms with E-state index in [0.717, 1.165) is 11.3 Å². The first-order chi connectivity index (χ1) is 27.0. The molecule has 256 valence electrons. The molecular formula is C54H35N. The van der Waals surface area contributed by atoms with Crippen LogP contribution >= 0.6 is 0 Å². The molecule has 1 aliphatic carbocycles. The van der Waals surface area contributed by atoms with E-state index < -0.39 is 0 Å². The van der Waals surface area contributed by atoms with Crippen molar-refractivity contribution in [2.75, 3.05) is 0 Å². The van der Waals surface area contributed by atoms with Gasteiger partial charge in [-0.05, 0) is 140 Å². The van der Waals surface area contributed by atoms with Gasteiger partial charge in [-0.25, -0.2) is 0 Å². The third-order valence-corrected chi connectivity index (χ3v) is 12.6. The Bertz CT molecular complexity index is 3460. The summed E-state index contributed by atoms with van der Waals surface area (Å²) in [6.07, 6.45) is 2.12. The van der Waals surface area contributed by atoms with Crippen LogP contribution < -0.4 is 0 Å². The van der Waals surface area contributed by atoms with Gasteiger partial charge in [-0.15, -0.1) is 0 Å². The van der Waals surface area contributed by atoms with Crippen LogP contribution in [0.2, 0.25) is 0 Å². The van der Waals surface area contributed by atoms with E-state index in [1.807, 2.05) is 0 Å². The number of aromatic nitrogens is 1. The standard InChI is InChI=1S/C54H35N/c1-54(2)51-30-49-41-20-10-6-16-37(41)36-15-5-9-19-40(36)48(49)29-50(51)53-52(54)26-35(31-55-53)45-28-47-42-21-11-7-17-38(42)44(27-46(47)43-22-12-8-18-39(43)45)34-24-23-32-13-3-4-14-33(32)25-34/h3-31H,1-2H3. The lowest BCUT2D eigenvalue weighted by Gasteiger charge is -2.23. The molecule has 12 rings (SSSR count). The lowest BCUT2D eigenvalue weighted by Crippen LogP contribution is -2.15. The zero-order valence-electron chi connectivity index (χ0n) is 30.7. The Kier molecular flexibility index (Phi) is 6.18. The summed E-state index contributed by atoms with van der Waals surface area (Å²) in [5.74, 6) is 0. The van der Waals surface area contributed by atoms with Gasteiger partial charge in [0.15, 0.2) is 0 Å². The quantitative estimate of drug-likeness (QED) is 0.164. The fourth-order valence-electron chi connectivity index (χ4n) is 9.90. The van der Waals surface area contributed by atoms with Crippen molar-refractivity contribution < 1.29 is 0 Å². The van der Waals surface area contributed by atoms with E-state index in [1.54, 1.807) is 0 Å². The van der Waals surface area contributed by atoms with E-state index in [2.05, 4.69) is 190 Å². The van der Waals surface area contributed by atoms with Gasteiger partial charge in [0.05, 0.1) is 5.69 Å². The molecule has 55 heavy (non-hydrogen) atoms. The second kappa shape index (κ2) is 11.1. The Labute approximate surface area is 319 Å². The SMILES string of the molecule is CC1(C)c2cc3c4ccccc4c4ccccc4c3cc2-c2ncc(-c3cc4c5ccccc5c(-c5ccc6ccccc6c5)cc4c4ccccc34)cc21. The summed E-state index contributed by atoms with van der Waals surface area (Å²) >= 11 is 0. The minimum atomic E-state index is -0.220. The molecule has 11 aromatic rings. The summed E-state index contributed by atoms with van der Waals surface area (Å²) in [5.41, 5.74) is 9.62. The molecule has 0 bridgehead atoms. The lowest BCUT2D eigenvalue weighted by atomic mass is 9.80. The number of benzene rings is 10. The third-order valence-electron chi connectivity index (χ3n) is 12.6. The summed E-state index contributed by atoms with van der Waals surface area (Å²) in [5, 5.41) is 17.9. The Hall–Kier alpha value is -6.83. The topological polar surface area (TPSA) is 12.9 Å². The van der Waals surface area contributed by atoms with Crippen molar-refractivity contribution in [3.05, 3.63) is 187 Å². The van der Waals surface area contributed by atoms with Crippen LogP contribution in [0.5, 0.6) is 0 Å². The Morgan fingerprint density at radius 3 is 1.35 bits per heavy atom. The highest BCUT2D eigenvalue weighted by Gasteiger charge is 2.37. The third kappa shape index (κ3) is 4.27. The molecule has 0 radical (unpaired) electrons. The summed E-state index contributed by atoms with van der Waals surface area (Å²) in [7, 11) is 0. The molecule has 0 spiro atoms. The van der Waals surface area contributed by atoms with Crippen LogP contribution in [0.25, 0.3) is 109 Å². The first kappa shape index (κ1) is 30.6. The van der Waals surface area contributed by atoms with Crippen molar-refractivity contribution in [1.82, 2.24) is 4.98 Å². The van der Waals surface area contributed by atoms with Crippen molar-refractivity contribution in [2.24, 2.45) is 0 Å². The van der Waals surface area contributed by atoms with Crippen molar-refractivity contribution in [3.63, 3.8) is 0 Å². The molecule has 1 heteroatoms. The first-order valence-corrected chi connectivity index (χ1v) is 19.3. The van der Waals surface area contributed by atoms with Gasteiger partial charge in [0, 0.05) is 22.7 Å². The van der Waals surface area contributed by atoms with E-state index in [4.69, 9.17) is 4.98 Å². The van der Waals surface area contributed by atoms with Gasteiger partial charge in [0.1, 0.15) is 0 Å². The molecule has 0 fully saturated rings. The highest BCUT2D eigenvalue weighted by atomic mass is 14.7. The monoisotopic (exact) mass is 697 g/mol. The average Bonchev–Trinajstić information content (AvgIpc) is 3.46. The molecule has 0 atom stereocenters. The van der Waals surface area contributed by atoms with Crippen LogP contribution in [-0.2, 0) is 5.41 Å². The van der Waals surface area contributed by atoms with Gasteiger partial charge in [-0.1, -0.05) is 147 Å². The second-order valence-corrected chi connectivity index (χ2v) is 15.9. The number of nitrogens with zero attached hydrogens (tertiary/aromatic N) is 1. The molecule has 0 unspecified atom stereocenters. The number of fused-ring (bicyclic) bond motifs is 15. The maximum Gasteiger partial charge on any atom is 0.0746 e. The van der Waals surface area contributed by atoms with Gasteiger partial charge in [0.2, 0.25) is 0 Å². The lowest BCUT2D eigenvalue weighted by molar-refractivity contribution is 0.660. The molecule has 0 N–H and O–H groups in total. The van der Waals surface area contributed by atoms with Gasteiger partial charge < -0.3 is 0 Å². The first-order valence-electron chi connectivity index (χ1n) is 19.3. The Morgan fingerprint density at radius 1 is 0.327 bits per heavy atom. The van der Waals surface area contributed by atoms with Gasteiger partial charge >= 0.3 is 0 Å². The largest absolute Gasteiger partial charge is 0.255 e. The minimum Gasteiger partial charge on any atom is -0.255 e. The van der Waals surface area contributed by atoms with Gasteiger partial charge in [0.25, 0.3) is 0 Å². The van der Waals surface area contributed by atoms with E-state index >= 15 is 0 Å². The maximum absolute atomic E-state index is 5.35. The Balaban J connectivity index is 1.08. The molecule has 0 saturated heterocycles. The molecule has 1 aromatic heterocycles. The van der Waals surface area contributed by atoms with Crippen LogP contribution in [0.15, 0.2) is 176 Å². The normalized spacial score (nSPS) is 13.4. The summed E-state index contributed by atoms with van der Waals surface area (Å²) < 4.78 is 0. The molecular weight excluding hydrogens is 663 g/mol. The predicted molar refractivity (Wildman–Crippen MR) is 235 cm³/mol. The average molecular weight is 698 g/mol. The molecule has 1 aliphatic rings. The van der Waals surface area contributed by atoms with Gasteiger partial charge in [-0.2, -0.15) is 0 Å². The van der Waals surface area contributed by atoms with Crippen molar-refractivity contribution in [2.45, 2.75) is 19.3 Å². The number of hydrogen-bond acceptors (Lipinski definition) is 1. The van der Waals surface area contributed by atoms with E-state index in [1.165, 1.54) is 109 Å². The van der Waals surface area contributed by atoms with Crippen molar-refractivity contribution >= 4 is 75.4 Å². The summed E-state index contributed by atoms with van der Waals surface area (Å²) in [4.78, 5) is 5.35. The predicted octanol–water partition coefficient (Wildman–Crippen LogP) is 14.8. The molecule has 1 heterocycles. The molecule has 0 aliphatic heterocycles. The zero-order chi connectivity index (χ0) is 36.4. The van der Waals surface area contributed by atoms with Crippen LogP contribution in [0, 0.1) is 0 Å². The molecule has 10 aromatic carbocycles. The molecule has 1 nitrogen and oxygen atoms in total.